The molecule has 1 aliphatic heterocycles. The van der Waals surface area contributed by atoms with Gasteiger partial charge in [-0.3, -0.25) is 9.59 Å². The van der Waals surface area contributed by atoms with Crippen LogP contribution < -0.4 is 20.1 Å². The minimum absolute atomic E-state index is 0.0324. The molecule has 0 radical (unpaired) electrons. The van der Waals surface area contributed by atoms with E-state index in [1.165, 1.54) is 6.07 Å². The van der Waals surface area contributed by atoms with Crippen molar-refractivity contribution in [3.05, 3.63) is 59.4 Å². The molecule has 1 heterocycles. The normalized spacial score (nSPS) is 28.5. The molecule has 2 aromatic carbocycles. The van der Waals surface area contributed by atoms with Crippen LogP contribution in [-0.4, -0.2) is 24.6 Å². The number of halogens is 1. The van der Waals surface area contributed by atoms with Gasteiger partial charge >= 0.3 is 0 Å². The van der Waals surface area contributed by atoms with E-state index in [0.717, 1.165) is 12.8 Å². The number of benzene rings is 2. The number of carbonyl (C=O) groups excluding carboxylic acids is 2. The molecule has 6 rings (SSSR count). The minimum atomic E-state index is -0.790. The molecule has 6 nitrogen and oxygen atoms in total. The summed E-state index contributed by atoms with van der Waals surface area (Å²) in [5.41, 5.74) is 0.176. The molecule has 3 fully saturated rings. The maximum absolute atomic E-state index is 13.9. The number of amides is 2. The average molecular weight is 424 g/mol. The van der Waals surface area contributed by atoms with Gasteiger partial charge < -0.3 is 20.1 Å². The monoisotopic (exact) mass is 424 g/mol. The Bertz CT molecular complexity index is 1040. The van der Waals surface area contributed by atoms with E-state index < -0.39 is 5.72 Å². The highest BCUT2D eigenvalue weighted by Crippen LogP contribution is 2.52. The lowest BCUT2D eigenvalue weighted by molar-refractivity contribution is -0.146. The van der Waals surface area contributed by atoms with Crippen LogP contribution in [0.25, 0.3) is 0 Å². The Morgan fingerprint density at radius 3 is 2.87 bits per heavy atom. The van der Waals surface area contributed by atoms with Crippen LogP contribution in [0.3, 0.4) is 0 Å². The van der Waals surface area contributed by atoms with E-state index in [1.54, 1.807) is 43.5 Å². The molecule has 4 aliphatic rings. The molecule has 0 unspecified atom stereocenters. The van der Waals surface area contributed by atoms with E-state index in [9.17, 15) is 14.0 Å². The molecular formula is C24H25FN2O4. The molecule has 0 saturated heterocycles. The second-order valence-corrected chi connectivity index (χ2v) is 8.70. The van der Waals surface area contributed by atoms with Gasteiger partial charge in [-0.05, 0) is 43.4 Å². The Kier molecular flexibility index (Phi) is 4.84. The van der Waals surface area contributed by atoms with Gasteiger partial charge in [0.25, 0.3) is 5.91 Å². The number of hydrogen-bond donors (Lipinski definition) is 2. The fourth-order valence-electron chi connectivity index (χ4n) is 5.39. The van der Waals surface area contributed by atoms with Crippen molar-refractivity contribution in [2.75, 3.05) is 7.11 Å². The lowest BCUT2D eigenvalue weighted by Crippen LogP contribution is -2.66. The Morgan fingerprint density at radius 1 is 1.29 bits per heavy atom. The van der Waals surface area contributed by atoms with Gasteiger partial charge in [0.1, 0.15) is 17.3 Å². The molecular weight excluding hydrogens is 399 g/mol. The molecule has 3 saturated carbocycles. The van der Waals surface area contributed by atoms with E-state index >= 15 is 0 Å². The SMILES string of the molecule is COc1ccc2c(c1)O[C@]1(C[C@@H]3CC[C@@H]1C[C@@H]3C(=O)NCc1ccccc1F)NC2=O. The molecule has 2 bridgehead atoms. The second kappa shape index (κ2) is 7.55. The molecule has 1 spiro atoms. The lowest BCUT2D eigenvalue weighted by Gasteiger charge is -2.55. The number of fused-ring (bicyclic) bond motifs is 3. The maximum Gasteiger partial charge on any atom is 0.258 e. The molecule has 162 valence electrons. The largest absolute Gasteiger partial charge is 0.497 e. The number of nitrogens with one attached hydrogen (secondary N) is 2. The first-order valence-corrected chi connectivity index (χ1v) is 10.7. The first kappa shape index (κ1) is 19.8. The van der Waals surface area contributed by atoms with Crippen molar-refractivity contribution >= 4 is 11.8 Å². The first-order valence-electron chi connectivity index (χ1n) is 10.7. The summed E-state index contributed by atoms with van der Waals surface area (Å²) in [4.78, 5) is 25.7. The van der Waals surface area contributed by atoms with E-state index in [-0.39, 0.29) is 41.9 Å². The summed E-state index contributed by atoms with van der Waals surface area (Å²) < 4.78 is 25.5. The zero-order chi connectivity index (χ0) is 21.6. The molecule has 4 atom stereocenters. The highest BCUT2D eigenvalue weighted by Gasteiger charge is 2.57. The fraction of sp³-hybridized carbons (Fsp3) is 0.417. The van der Waals surface area contributed by atoms with Gasteiger partial charge in [0, 0.05) is 36.4 Å². The molecule has 2 aromatic rings. The number of hydrogen-bond acceptors (Lipinski definition) is 4. The standard InChI is InChI=1S/C24H25FN2O4/c1-30-17-8-9-18-21(11-17)31-24(27-23(18)29)12-14-6-7-16(24)10-19(14)22(28)26-13-15-4-2-3-5-20(15)25/h2-5,8-9,11,14,16,19H,6-7,10,12-13H2,1H3,(H,26,28)(H,27,29)/t14-,16+,19-,24-/m0/s1. The minimum Gasteiger partial charge on any atom is -0.497 e. The highest BCUT2D eigenvalue weighted by atomic mass is 19.1. The number of carbonyl (C=O) groups is 2. The summed E-state index contributed by atoms with van der Waals surface area (Å²) in [7, 11) is 1.58. The van der Waals surface area contributed by atoms with E-state index in [2.05, 4.69) is 10.6 Å². The summed E-state index contributed by atoms with van der Waals surface area (Å²) in [6.45, 7) is 0.172. The van der Waals surface area contributed by atoms with Crippen molar-refractivity contribution in [3.8, 4) is 11.5 Å². The molecule has 2 amide bonds. The summed E-state index contributed by atoms with van der Waals surface area (Å²) in [6, 6.07) is 11.6. The quantitative estimate of drug-likeness (QED) is 0.789. The second-order valence-electron chi connectivity index (χ2n) is 8.70. The maximum atomic E-state index is 13.9. The summed E-state index contributed by atoms with van der Waals surface area (Å²) in [6.07, 6.45) is 3.01. The third-order valence-electron chi connectivity index (χ3n) is 7.02. The van der Waals surface area contributed by atoms with Crippen molar-refractivity contribution in [2.24, 2.45) is 17.8 Å². The predicted octanol–water partition coefficient (Wildman–Crippen LogP) is 3.41. The zero-order valence-electron chi connectivity index (χ0n) is 17.3. The fourth-order valence-corrected chi connectivity index (χ4v) is 5.39. The molecule has 3 aliphatic carbocycles. The van der Waals surface area contributed by atoms with E-state index in [4.69, 9.17) is 9.47 Å². The van der Waals surface area contributed by atoms with Crippen LogP contribution in [0.15, 0.2) is 42.5 Å². The van der Waals surface area contributed by atoms with Crippen molar-refractivity contribution in [1.82, 2.24) is 10.6 Å². The van der Waals surface area contributed by atoms with E-state index in [0.29, 0.717) is 35.5 Å². The highest BCUT2D eigenvalue weighted by molar-refractivity contribution is 5.98. The molecule has 31 heavy (non-hydrogen) atoms. The third kappa shape index (κ3) is 3.42. The van der Waals surface area contributed by atoms with Crippen molar-refractivity contribution in [2.45, 2.75) is 38.0 Å². The van der Waals surface area contributed by atoms with Crippen LogP contribution in [0.2, 0.25) is 0 Å². The van der Waals surface area contributed by atoms with Crippen molar-refractivity contribution in [3.63, 3.8) is 0 Å². The van der Waals surface area contributed by atoms with Crippen LogP contribution in [-0.2, 0) is 11.3 Å². The van der Waals surface area contributed by atoms with Crippen molar-refractivity contribution < 1.29 is 23.5 Å². The summed E-state index contributed by atoms with van der Waals surface area (Å²) in [5.74, 6) is 0.589. The van der Waals surface area contributed by atoms with Crippen LogP contribution in [0.1, 0.15) is 41.6 Å². The van der Waals surface area contributed by atoms with Gasteiger partial charge in [0.05, 0.1) is 12.7 Å². The third-order valence-corrected chi connectivity index (χ3v) is 7.02. The number of methoxy groups -OCH3 is 1. The van der Waals surface area contributed by atoms with Gasteiger partial charge in [-0.1, -0.05) is 18.2 Å². The number of rotatable bonds is 4. The van der Waals surface area contributed by atoms with Gasteiger partial charge in [0.15, 0.2) is 5.72 Å². The topological polar surface area (TPSA) is 76.7 Å². The Balaban J connectivity index is 1.31. The molecule has 7 heteroatoms. The van der Waals surface area contributed by atoms with Crippen molar-refractivity contribution in [1.29, 1.82) is 0 Å². The zero-order valence-corrected chi connectivity index (χ0v) is 17.3. The first-order chi connectivity index (χ1) is 15.0. The number of ether oxygens (including phenoxy) is 2. The van der Waals surface area contributed by atoms with Gasteiger partial charge in [-0.2, -0.15) is 0 Å². The lowest BCUT2D eigenvalue weighted by atomic mass is 9.60. The Hall–Kier alpha value is -3.09. The van der Waals surface area contributed by atoms with Crippen LogP contribution in [0.4, 0.5) is 4.39 Å². The Labute approximate surface area is 180 Å². The predicted molar refractivity (Wildman–Crippen MR) is 111 cm³/mol. The smallest absolute Gasteiger partial charge is 0.258 e. The van der Waals surface area contributed by atoms with Gasteiger partial charge in [-0.25, -0.2) is 4.39 Å². The Morgan fingerprint density at radius 2 is 2.13 bits per heavy atom. The van der Waals surface area contributed by atoms with Gasteiger partial charge in [0.2, 0.25) is 5.91 Å². The molecule has 0 aromatic heterocycles. The van der Waals surface area contributed by atoms with Crippen LogP contribution in [0.5, 0.6) is 11.5 Å². The van der Waals surface area contributed by atoms with Crippen LogP contribution in [0, 0.1) is 23.6 Å². The van der Waals surface area contributed by atoms with Crippen LogP contribution >= 0.6 is 0 Å². The molecule has 2 N–H and O–H groups in total. The average Bonchev–Trinajstić information content (AvgIpc) is 2.78. The summed E-state index contributed by atoms with van der Waals surface area (Å²) in [5, 5.41) is 6.00. The summed E-state index contributed by atoms with van der Waals surface area (Å²) >= 11 is 0. The van der Waals surface area contributed by atoms with E-state index in [1.807, 2.05) is 0 Å². The van der Waals surface area contributed by atoms with Gasteiger partial charge in [-0.15, -0.1) is 0 Å².